The summed E-state index contributed by atoms with van der Waals surface area (Å²) in [5.74, 6) is 0.881. The van der Waals surface area contributed by atoms with Crippen molar-refractivity contribution in [2.24, 2.45) is 5.73 Å². The van der Waals surface area contributed by atoms with Crippen molar-refractivity contribution < 1.29 is 4.74 Å². The van der Waals surface area contributed by atoms with Crippen molar-refractivity contribution in [2.75, 3.05) is 26.7 Å². The average molecular weight is 249 g/mol. The van der Waals surface area contributed by atoms with E-state index in [1.165, 1.54) is 24.8 Å². The molecule has 1 aromatic rings. The van der Waals surface area contributed by atoms with Crippen molar-refractivity contribution in [2.45, 2.75) is 25.3 Å². The number of hydrogen-bond acceptors (Lipinski definition) is 4. The van der Waals surface area contributed by atoms with Gasteiger partial charge >= 0.3 is 0 Å². The highest BCUT2D eigenvalue weighted by Crippen LogP contribution is 2.19. The topological polar surface area (TPSA) is 50.5 Å². The molecule has 1 unspecified atom stereocenters. The van der Waals surface area contributed by atoms with Gasteiger partial charge in [0.15, 0.2) is 0 Å². The third-order valence-corrected chi connectivity index (χ3v) is 3.43. The van der Waals surface area contributed by atoms with E-state index in [9.17, 15) is 0 Å². The van der Waals surface area contributed by atoms with Crippen LogP contribution in [0.1, 0.15) is 30.9 Å². The van der Waals surface area contributed by atoms with E-state index in [1.54, 1.807) is 7.11 Å². The van der Waals surface area contributed by atoms with Crippen molar-refractivity contribution in [3.8, 4) is 5.75 Å². The Balaban J connectivity index is 2.02. The molecule has 1 atom stereocenters. The average Bonchev–Trinajstić information content (AvgIpc) is 2.46. The zero-order valence-corrected chi connectivity index (χ0v) is 11.1. The van der Waals surface area contributed by atoms with E-state index in [0.29, 0.717) is 6.54 Å². The molecule has 0 aliphatic carbocycles. The summed E-state index contributed by atoms with van der Waals surface area (Å²) in [4.78, 5) is 0. The van der Waals surface area contributed by atoms with E-state index >= 15 is 0 Å². The molecular weight excluding hydrogens is 226 g/mol. The summed E-state index contributed by atoms with van der Waals surface area (Å²) in [6.45, 7) is 2.81. The van der Waals surface area contributed by atoms with Crippen LogP contribution in [0.25, 0.3) is 0 Å². The molecule has 0 aromatic heterocycles. The number of ether oxygens (including phenoxy) is 1. The molecule has 1 fully saturated rings. The third kappa shape index (κ3) is 3.45. The standard InChI is InChI=1S/C14H23N3O/c1-18-13-7-5-6-12(10-13)14(11-15)16-17-8-3-2-4-9-17/h5-7,10,14,16H,2-4,8-9,11,15H2,1H3. The molecule has 1 aromatic carbocycles. The van der Waals surface area contributed by atoms with Crippen molar-refractivity contribution in [1.82, 2.24) is 10.4 Å². The van der Waals surface area contributed by atoms with Crippen LogP contribution in [-0.2, 0) is 0 Å². The SMILES string of the molecule is COc1cccc(C(CN)NN2CCCCC2)c1. The van der Waals surface area contributed by atoms with Crippen LogP contribution in [0.3, 0.4) is 0 Å². The number of rotatable bonds is 5. The van der Waals surface area contributed by atoms with Crippen molar-refractivity contribution >= 4 is 0 Å². The van der Waals surface area contributed by atoms with Crippen molar-refractivity contribution in [3.05, 3.63) is 29.8 Å². The van der Waals surface area contributed by atoms with Gasteiger partial charge in [-0.05, 0) is 30.5 Å². The molecule has 0 radical (unpaired) electrons. The zero-order valence-electron chi connectivity index (χ0n) is 11.1. The molecule has 3 N–H and O–H groups in total. The van der Waals surface area contributed by atoms with E-state index in [4.69, 9.17) is 10.5 Å². The first kappa shape index (κ1) is 13.3. The van der Waals surface area contributed by atoms with Gasteiger partial charge in [0.1, 0.15) is 5.75 Å². The lowest BCUT2D eigenvalue weighted by atomic mass is 10.1. The second kappa shape index (κ2) is 6.73. The van der Waals surface area contributed by atoms with Crippen LogP contribution in [0, 0.1) is 0 Å². The number of hydrogen-bond donors (Lipinski definition) is 2. The maximum atomic E-state index is 5.88. The number of nitrogens with zero attached hydrogens (tertiary/aromatic N) is 1. The van der Waals surface area contributed by atoms with Crippen LogP contribution < -0.4 is 15.9 Å². The molecule has 0 amide bonds. The summed E-state index contributed by atoms with van der Waals surface area (Å²) in [6, 6.07) is 8.27. The van der Waals surface area contributed by atoms with E-state index in [0.717, 1.165) is 18.8 Å². The van der Waals surface area contributed by atoms with Gasteiger partial charge in [-0.15, -0.1) is 0 Å². The minimum atomic E-state index is 0.165. The predicted octanol–water partition coefficient (Wildman–Crippen LogP) is 1.69. The van der Waals surface area contributed by atoms with Gasteiger partial charge in [0.2, 0.25) is 0 Å². The fraction of sp³-hybridized carbons (Fsp3) is 0.571. The van der Waals surface area contributed by atoms with E-state index in [2.05, 4.69) is 22.6 Å². The Morgan fingerprint density at radius 3 is 2.78 bits per heavy atom. The summed E-state index contributed by atoms with van der Waals surface area (Å²) >= 11 is 0. The summed E-state index contributed by atoms with van der Waals surface area (Å²) in [7, 11) is 1.69. The normalized spacial score (nSPS) is 18.6. The van der Waals surface area contributed by atoms with Crippen molar-refractivity contribution in [3.63, 3.8) is 0 Å². The molecule has 0 saturated carbocycles. The number of hydrazine groups is 1. The molecule has 1 aliphatic rings. The maximum absolute atomic E-state index is 5.88. The van der Waals surface area contributed by atoms with Gasteiger partial charge in [0.05, 0.1) is 13.2 Å². The summed E-state index contributed by atoms with van der Waals surface area (Å²) in [6.07, 6.45) is 3.87. The fourth-order valence-electron chi connectivity index (χ4n) is 2.36. The quantitative estimate of drug-likeness (QED) is 0.833. The van der Waals surface area contributed by atoms with Crippen LogP contribution in [0.5, 0.6) is 5.75 Å². The Bertz CT molecular complexity index is 364. The lowest BCUT2D eigenvalue weighted by molar-refractivity contribution is 0.130. The van der Waals surface area contributed by atoms with Gasteiger partial charge in [-0.2, -0.15) is 0 Å². The first-order chi connectivity index (χ1) is 8.83. The summed E-state index contributed by atoms with van der Waals surface area (Å²) < 4.78 is 5.26. The van der Waals surface area contributed by atoms with Gasteiger partial charge < -0.3 is 10.5 Å². The Morgan fingerprint density at radius 1 is 1.33 bits per heavy atom. The first-order valence-electron chi connectivity index (χ1n) is 6.68. The molecule has 4 heteroatoms. The monoisotopic (exact) mass is 249 g/mol. The zero-order chi connectivity index (χ0) is 12.8. The van der Waals surface area contributed by atoms with Crippen LogP contribution in [-0.4, -0.2) is 31.8 Å². The Labute approximate surface area is 109 Å². The van der Waals surface area contributed by atoms with Gasteiger partial charge in [-0.3, -0.25) is 0 Å². The van der Waals surface area contributed by atoms with Crippen LogP contribution in [0.4, 0.5) is 0 Å². The number of piperidine rings is 1. The molecule has 1 saturated heterocycles. The molecule has 4 nitrogen and oxygen atoms in total. The molecule has 18 heavy (non-hydrogen) atoms. The van der Waals surface area contributed by atoms with Crippen LogP contribution in [0.2, 0.25) is 0 Å². The highest BCUT2D eigenvalue weighted by Gasteiger charge is 2.16. The number of nitrogens with two attached hydrogens (primary N) is 1. The smallest absolute Gasteiger partial charge is 0.119 e. The molecule has 0 spiro atoms. The first-order valence-corrected chi connectivity index (χ1v) is 6.68. The third-order valence-electron chi connectivity index (χ3n) is 3.43. The van der Waals surface area contributed by atoms with Gasteiger partial charge in [0, 0.05) is 19.6 Å². The second-order valence-electron chi connectivity index (χ2n) is 4.74. The number of methoxy groups -OCH3 is 1. The summed E-state index contributed by atoms with van der Waals surface area (Å²) in [5, 5.41) is 2.29. The molecule has 1 heterocycles. The molecule has 100 valence electrons. The molecule has 0 bridgehead atoms. The lowest BCUT2D eigenvalue weighted by Crippen LogP contribution is -2.45. The Hall–Kier alpha value is -1.10. The largest absolute Gasteiger partial charge is 0.497 e. The summed E-state index contributed by atoms with van der Waals surface area (Å²) in [5.41, 5.74) is 10.6. The number of nitrogens with one attached hydrogen (secondary N) is 1. The van der Waals surface area contributed by atoms with E-state index in [1.807, 2.05) is 12.1 Å². The highest BCUT2D eigenvalue weighted by molar-refractivity contribution is 5.30. The highest BCUT2D eigenvalue weighted by atomic mass is 16.5. The van der Waals surface area contributed by atoms with Crippen LogP contribution >= 0.6 is 0 Å². The maximum Gasteiger partial charge on any atom is 0.119 e. The van der Waals surface area contributed by atoms with E-state index in [-0.39, 0.29) is 6.04 Å². The molecular formula is C14H23N3O. The predicted molar refractivity (Wildman–Crippen MR) is 73.3 cm³/mol. The lowest BCUT2D eigenvalue weighted by Gasteiger charge is -2.31. The van der Waals surface area contributed by atoms with Gasteiger partial charge in [0.25, 0.3) is 0 Å². The minimum Gasteiger partial charge on any atom is -0.497 e. The molecule has 1 aliphatic heterocycles. The Kier molecular flexibility index (Phi) is 4.99. The number of benzene rings is 1. The second-order valence-corrected chi connectivity index (χ2v) is 4.74. The Morgan fingerprint density at radius 2 is 2.11 bits per heavy atom. The molecule has 2 rings (SSSR count). The fourth-order valence-corrected chi connectivity index (χ4v) is 2.36. The van der Waals surface area contributed by atoms with Gasteiger partial charge in [-0.25, -0.2) is 10.4 Å². The van der Waals surface area contributed by atoms with Crippen molar-refractivity contribution in [1.29, 1.82) is 0 Å². The van der Waals surface area contributed by atoms with Gasteiger partial charge in [-0.1, -0.05) is 18.6 Å². The van der Waals surface area contributed by atoms with Crippen LogP contribution in [0.15, 0.2) is 24.3 Å². The van der Waals surface area contributed by atoms with E-state index < -0.39 is 0 Å². The minimum absolute atomic E-state index is 0.165.